The molecule has 1 aliphatic heterocycles. The number of hydrogen-bond acceptors (Lipinski definition) is 4. The van der Waals surface area contributed by atoms with E-state index in [9.17, 15) is 14.0 Å². The molecule has 2 heterocycles. The predicted octanol–water partition coefficient (Wildman–Crippen LogP) is 4.21. The Morgan fingerprint density at radius 3 is 2.70 bits per heavy atom. The van der Waals surface area contributed by atoms with Gasteiger partial charge >= 0.3 is 0 Å². The number of likely N-dealkylation sites (tertiary alicyclic amines) is 1. The van der Waals surface area contributed by atoms with Gasteiger partial charge in [0.15, 0.2) is 0 Å². The Morgan fingerprint density at radius 2 is 1.97 bits per heavy atom. The van der Waals surface area contributed by atoms with Gasteiger partial charge in [-0.2, -0.15) is 0 Å². The number of carbonyl (C=O) groups excluding carboxylic acids is 2. The molecule has 2 N–H and O–H groups in total. The van der Waals surface area contributed by atoms with Crippen molar-refractivity contribution in [2.75, 3.05) is 19.7 Å². The number of rotatable bonds is 7. The molecule has 33 heavy (non-hydrogen) atoms. The molecule has 1 atom stereocenters. The molecule has 2 aromatic carbocycles. The SMILES string of the molecule is CCOc1ccc(CCC(=O)N2CCC[C@H](c3nc4ccc(F)cc4cc3C(N)=O)C2)cc1. The highest BCUT2D eigenvalue weighted by Crippen LogP contribution is 2.30. The summed E-state index contributed by atoms with van der Waals surface area (Å²) in [5.41, 5.74) is 8.20. The molecular formula is C26H28FN3O3. The average molecular weight is 450 g/mol. The lowest BCUT2D eigenvalue weighted by Gasteiger charge is -2.33. The van der Waals surface area contributed by atoms with Crippen LogP contribution >= 0.6 is 0 Å². The van der Waals surface area contributed by atoms with E-state index in [-0.39, 0.29) is 11.8 Å². The Morgan fingerprint density at radius 1 is 1.18 bits per heavy atom. The van der Waals surface area contributed by atoms with Crippen LogP contribution in [0, 0.1) is 5.82 Å². The van der Waals surface area contributed by atoms with Crippen LogP contribution in [0.5, 0.6) is 5.75 Å². The van der Waals surface area contributed by atoms with Crippen molar-refractivity contribution in [3.05, 3.63) is 71.2 Å². The van der Waals surface area contributed by atoms with Gasteiger partial charge in [-0.15, -0.1) is 0 Å². The van der Waals surface area contributed by atoms with Gasteiger partial charge in [0.25, 0.3) is 5.91 Å². The Hall–Kier alpha value is -3.48. The number of primary amides is 1. The number of aromatic nitrogens is 1. The summed E-state index contributed by atoms with van der Waals surface area (Å²) < 4.78 is 19.1. The van der Waals surface area contributed by atoms with E-state index in [1.807, 2.05) is 36.1 Å². The first-order valence-corrected chi connectivity index (χ1v) is 11.3. The van der Waals surface area contributed by atoms with Crippen LogP contribution in [0.4, 0.5) is 4.39 Å². The van der Waals surface area contributed by atoms with E-state index in [1.54, 1.807) is 12.1 Å². The Bertz CT molecular complexity index is 1160. The molecule has 0 aliphatic carbocycles. The second-order valence-corrected chi connectivity index (χ2v) is 8.38. The van der Waals surface area contributed by atoms with E-state index in [1.165, 1.54) is 12.1 Å². The molecule has 172 valence electrons. The van der Waals surface area contributed by atoms with Gasteiger partial charge in [-0.05, 0) is 68.1 Å². The lowest BCUT2D eigenvalue weighted by Crippen LogP contribution is -2.40. The second-order valence-electron chi connectivity index (χ2n) is 8.38. The van der Waals surface area contributed by atoms with Gasteiger partial charge in [0.05, 0.1) is 23.4 Å². The van der Waals surface area contributed by atoms with Gasteiger partial charge in [-0.25, -0.2) is 4.39 Å². The number of pyridine rings is 1. The molecule has 1 saturated heterocycles. The third-order valence-electron chi connectivity index (χ3n) is 6.09. The van der Waals surface area contributed by atoms with Crippen LogP contribution in [0.2, 0.25) is 0 Å². The molecule has 0 bridgehead atoms. The van der Waals surface area contributed by atoms with Crippen LogP contribution in [0.15, 0.2) is 48.5 Å². The maximum absolute atomic E-state index is 13.6. The number of ether oxygens (including phenoxy) is 1. The highest BCUT2D eigenvalue weighted by Gasteiger charge is 2.28. The monoisotopic (exact) mass is 449 g/mol. The first-order valence-electron chi connectivity index (χ1n) is 11.3. The van der Waals surface area contributed by atoms with Gasteiger partial charge in [0, 0.05) is 30.8 Å². The molecule has 0 radical (unpaired) electrons. The highest BCUT2D eigenvalue weighted by molar-refractivity contribution is 5.98. The van der Waals surface area contributed by atoms with Crippen molar-refractivity contribution >= 4 is 22.7 Å². The fraction of sp³-hybridized carbons (Fsp3) is 0.346. The molecule has 2 amide bonds. The number of aryl methyl sites for hydroxylation is 1. The molecule has 1 aliphatic rings. The summed E-state index contributed by atoms with van der Waals surface area (Å²) in [6.45, 7) is 3.73. The maximum Gasteiger partial charge on any atom is 0.250 e. The van der Waals surface area contributed by atoms with Crippen LogP contribution in [-0.4, -0.2) is 41.4 Å². The van der Waals surface area contributed by atoms with Crippen LogP contribution in [-0.2, 0) is 11.2 Å². The summed E-state index contributed by atoms with van der Waals surface area (Å²) >= 11 is 0. The molecule has 0 spiro atoms. The van der Waals surface area contributed by atoms with Gasteiger partial charge in [0.1, 0.15) is 11.6 Å². The standard InChI is InChI=1S/C26H28FN3O3/c1-2-33-21-9-5-17(6-10-21)7-12-24(31)30-13-3-4-18(16-30)25-22(26(28)32)15-19-14-20(27)8-11-23(19)29-25/h5-6,8-11,14-15,18H,2-4,7,12-13,16H2,1H3,(H2,28,32)/t18-/m0/s1. The van der Waals surface area contributed by atoms with Crippen LogP contribution in [0.3, 0.4) is 0 Å². The minimum absolute atomic E-state index is 0.0806. The zero-order valence-electron chi connectivity index (χ0n) is 18.7. The van der Waals surface area contributed by atoms with E-state index < -0.39 is 11.7 Å². The number of nitrogens with two attached hydrogens (primary N) is 1. The quantitative estimate of drug-likeness (QED) is 0.586. The molecule has 3 aromatic rings. The number of benzene rings is 2. The fourth-order valence-electron chi connectivity index (χ4n) is 4.43. The third kappa shape index (κ3) is 5.30. The number of halogens is 1. The summed E-state index contributed by atoms with van der Waals surface area (Å²) in [4.78, 5) is 31.6. The normalized spacial score (nSPS) is 16.1. The van der Waals surface area contributed by atoms with Crippen molar-refractivity contribution in [1.29, 1.82) is 0 Å². The summed E-state index contributed by atoms with van der Waals surface area (Å²) in [7, 11) is 0. The van der Waals surface area contributed by atoms with Crippen molar-refractivity contribution in [2.45, 2.75) is 38.5 Å². The van der Waals surface area contributed by atoms with Crippen LogP contribution < -0.4 is 10.5 Å². The number of hydrogen-bond donors (Lipinski definition) is 1. The van der Waals surface area contributed by atoms with Crippen molar-refractivity contribution < 1.29 is 18.7 Å². The molecule has 6 nitrogen and oxygen atoms in total. The summed E-state index contributed by atoms with van der Waals surface area (Å²) in [6, 6.07) is 13.7. The van der Waals surface area contributed by atoms with Gasteiger partial charge in [0.2, 0.25) is 5.91 Å². The molecule has 1 fully saturated rings. The maximum atomic E-state index is 13.6. The van der Waals surface area contributed by atoms with E-state index in [0.717, 1.165) is 24.2 Å². The average Bonchev–Trinajstić information content (AvgIpc) is 2.82. The minimum atomic E-state index is -0.595. The summed E-state index contributed by atoms with van der Waals surface area (Å²) in [6.07, 6.45) is 2.69. The Kier molecular flexibility index (Phi) is 6.87. The first kappa shape index (κ1) is 22.7. The van der Waals surface area contributed by atoms with E-state index in [4.69, 9.17) is 10.5 Å². The van der Waals surface area contributed by atoms with Crippen molar-refractivity contribution in [3.63, 3.8) is 0 Å². The minimum Gasteiger partial charge on any atom is -0.494 e. The molecule has 1 aromatic heterocycles. The van der Waals surface area contributed by atoms with Crippen molar-refractivity contribution in [1.82, 2.24) is 9.88 Å². The number of fused-ring (bicyclic) bond motifs is 1. The predicted molar refractivity (Wildman–Crippen MR) is 125 cm³/mol. The highest BCUT2D eigenvalue weighted by atomic mass is 19.1. The van der Waals surface area contributed by atoms with Gasteiger partial charge < -0.3 is 15.4 Å². The lowest BCUT2D eigenvalue weighted by molar-refractivity contribution is -0.132. The molecule has 7 heteroatoms. The summed E-state index contributed by atoms with van der Waals surface area (Å²) in [5, 5.41) is 0.534. The van der Waals surface area contributed by atoms with E-state index >= 15 is 0 Å². The van der Waals surface area contributed by atoms with Gasteiger partial charge in [-0.1, -0.05) is 12.1 Å². The van der Waals surface area contributed by atoms with Gasteiger partial charge in [-0.3, -0.25) is 14.6 Å². The Labute approximate surface area is 192 Å². The molecular weight excluding hydrogens is 421 g/mol. The second kappa shape index (κ2) is 9.98. The largest absolute Gasteiger partial charge is 0.494 e. The van der Waals surface area contributed by atoms with E-state index in [2.05, 4.69) is 4.98 Å². The van der Waals surface area contributed by atoms with Crippen molar-refractivity contribution in [3.8, 4) is 5.75 Å². The molecule has 0 unspecified atom stereocenters. The molecule has 4 rings (SSSR count). The molecule has 0 saturated carbocycles. The van der Waals surface area contributed by atoms with Crippen molar-refractivity contribution in [2.24, 2.45) is 5.73 Å². The third-order valence-corrected chi connectivity index (χ3v) is 6.09. The Balaban J connectivity index is 1.47. The first-order chi connectivity index (χ1) is 15.9. The topological polar surface area (TPSA) is 85.5 Å². The zero-order valence-corrected chi connectivity index (χ0v) is 18.7. The number of nitrogens with zero attached hydrogens (tertiary/aromatic N) is 2. The smallest absolute Gasteiger partial charge is 0.250 e. The zero-order chi connectivity index (χ0) is 23.4. The number of amides is 2. The van der Waals surface area contributed by atoms with E-state index in [0.29, 0.717) is 54.7 Å². The van der Waals surface area contributed by atoms with Crippen LogP contribution in [0.25, 0.3) is 10.9 Å². The number of piperidine rings is 1. The fourth-order valence-corrected chi connectivity index (χ4v) is 4.43. The lowest BCUT2D eigenvalue weighted by atomic mass is 9.90. The summed E-state index contributed by atoms with van der Waals surface area (Å²) in [5.74, 6) is -0.179. The number of carbonyl (C=O) groups is 2. The van der Waals surface area contributed by atoms with Crippen LogP contribution in [0.1, 0.15) is 53.7 Å².